The van der Waals surface area contributed by atoms with Crippen LogP contribution >= 0.6 is 0 Å². The molecule has 0 aliphatic carbocycles. The minimum absolute atomic E-state index is 0.652. The van der Waals surface area contributed by atoms with Crippen LogP contribution in [0.4, 0.5) is 0 Å². The topological polar surface area (TPSA) is 15.3 Å². The summed E-state index contributed by atoms with van der Waals surface area (Å²) in [5.74, 6) is 0.709. The van der Waals surface area contributed by atoms with Crippen molar-refractivity contribution < 1.29 is 0 Å². The van der Waals surface area contributed by atoms with Crippen molar-refractivity contribution in [3.63, 3.8) is 0 Å². The smallest absolute Gasteiger partial charge is 0.0263 e. The predicted molar refractivity (Wildman–Crippen MR) is 75.9 cm³/mol. The molecular formula is C16H24N2. The van der Waals surface area contributed by atoms with Crippen molar-refractivity contribution in [1.82, 2.24) is 10.2 Å². The van der Waals surface area contributed by atoms with Gasteiger partial charge in [0, 0.05) is 18.5 Å². The van der Waals surface area contributed by atoms with Gasteiger partial charge in [-0.2, -0.15) is 0 Å². The first-order valence-electron chi connectivity index (χ1n) is 7.44. The first-order chi connectivity index (χ1) is 8.93. The molecular weight excluding hydrogens is 220 g/mol. The van der Waals surface area contributed by atoms with E-state index in [1.807, 2.05) is 0 Å². The third-order valence-electron chi connectivity index (χ3n) is 4.47. The molecule has 2 aliphatic rings. The quantitative estimate of drug-likeness (QED) is 0.879. The van der Waals surface area contributed by atoms with E-state index < -0.39 is 0 Å². The van der Waals surface area contributed by atoms with Gasteiger partial charge in [0.2, 0.25) is 0 Å². The molecule has 98 valence electrons. The molecule has 0 radical (unpaired) electrons. The lowest BCUT2D eigenvalue weighted by Gasteiger charge is -2.35. The lowest BCUT2D eigenvalue weighted by molar-refractivity contribution is 0.242. The van der Waals surface area contributed by atoms with Crippen molar-refractivity contribution in [3.05, 3.63) is 35.9 Å². The number of likely N-dealkylation sites (tertiary alicyclic amines) is 1. The molecule has 0 bridgehead atoms. The molecule has 0 unspecified atom stereocenters. The zero-order valence-electron chi connectivity index (χ0n) is 11.1. The standard InChI is InChI=1S/C16H24N2/c1-2-7-14(8-3-1)15-9-6-10-17-16(15)13-18-11-4-5-12-18/h1-3,7-8,15-17H,4-6,9-13H2/t15-,16+/m0/s1. The van der Waals surface area contributed by atoms with Gasteiger partial charge >= 0.3 is 0 Å². The Balaban J connectivity index is 1.69. The fourth-order valence-electron chi connectivity index (χ4n) is 3.49. The number of nitrogens with zero attached hydrogens (tertiary/aromatic N) is 1. The molecule has 18 heavy (non-hydrogen) atoms. The van der Waals surface area contributed by atoms with E-state index in [4.69, 9.17) is 0 Å². The van der Waals surface area contributed by atoms with Crippen molar-refractivity contribution in [3.8, 4) is 0 Å². The van der Waals surface area contributed by atoms with Gasteiger partial charge in [-0.25, -0.2) is 0 Å². The highest BCUT2D eigenvalue weighted by molar-refractivity contribution is 5.22. The Morgan fingerprint density at radius 2 is 1.83 bits per heavy atom. The largest absolute Gasteiger partial charge is 0.312 e. The van der Waals surface area contributed by atoms with Crippen molar-refractivity contribution >= 4 is 0 Å². The molecule has 2 saturated heterocycles. The van der Waals surface area contributed by atoms with Crippen molar-refractivity contribution in [2.24, 2.45) is 0 Å². The van der Waals surface area contributed by atoms with Crippen LogP contribution in [-0.4, -0.2) is 37.1 Å². The molecule has 0 amide bonds. The summed E-state index contributed by atoms with van der Waals surface area (Å²) in [6, 6.07) is 11.7. The summed E-state index contributed by atoms with van der Waals surface area (Å²) in [4.78, 5) is 2.64. The second-order valence-electron chi connectivity index (χ2n) is 5.73. The fourth-order valence-corrected chi connectivity index (χ4v) is 3.49. The summed E-state index contributed by atoms with van der Waals surface area (Å²) in [6.07, 6.45) is 5.44. The number of benzene rings is 1. The van der Waals surface area contributed by atoms with Crippen LogP contribution in [0.25, 0.3) is 0 Å². The summed E-state index contributed by atoms with van der Waals surface area (Å²) in [6.45, 7) is 5.04. The number of nitrogens with one attached hydrogen (secondary N) is 1. The van der Waals surface area contributed by atoms with Gasteiger partial charge in [-0.1, -0.05) is 30.3 Å². The molecule has 2 heteroatoms. The molecule has 0 saturated carbocycles. The second kappa shape index (κ2) is 5.85. The van der Waals surface area contributed by atoms with E-state index in [1.54, 1.807) is 0 Å². The number of rotatable bonds is 3. The number of hydrogen-bond donors (Lipinski definition) is 1. The molecule has 3 rings (SSSR count). The van der Waals surface area contributed by atoms with Gasteiger partial charge in [0.05, 0.1) is 0 Å². The zero-order chi connectivity index (χ0) is 12.2. The molecule has 1 aromatic rings. The molecule has 0 spiro atoms. The van der Waals surface area contributed by atoms with E-state index >= 15 is 0 Å². The summed E-state index contributed by atoms with van der Waals surface area (Å²) in [5.41, 5.74) is 1.52. The molecule has 0 aromatic heterocycles. The van der Waals surface area contributed by atoms with Crippen LogP contribution in [0, 0.1) is 0 Å². The SMILES string of the molecule is c1ccc([C@@H]2CCCN[C@@H]2CN2CCCC2)cc1. The maximum atomic E-state index is 3.75. The Kier molecular flexibility index (Phi) is 3.96. The highest BCUT2D eigenvalue weighted by Gasteiger charge is 2.28. The van der Waals surface area contributed by atoms with Gasteiger partial charge in [-0.15, -0.1) is 0 Å². The van der Waals surface area contributed by atoms with Crippen LogP contribution in [-0.2, 0) is 0 Å². The summed E-state index contributed by atoms with van der Waals surface area (Å²) in [7, 11) is 0. The molecule has 2 aliphatic heterocycles. The van der Waals surface area contributed by atoms with E-state index in [0.29, 0.717) is 12.0 Å². The van der Waals surface area contributed by atoms with Crippen LogP contribution in [0.3, 0.4) is 0 Å². The van der Waals surface area contributed by atoms with Gasteiger partial charge < -0.3 is 10.2 Å². The highest BCUT2D eigenvalue weighted by Crippen LogP contribution is 2.28. The lowest BCUT2D eigenvalue weighted by Crippen LogP contribution is -2.47. The van der Waals surface area contributed by atoms with Crippen LogP contribution in [0.1, 0.15) is 37.2 Å². The summed E-state index contributed by atoms with van der Waals surface area (Å²) in [5, 5.41) is 3.75. The van der Waals surface area contributed by atoms with E-state index in [1.165, 1.54) is 57.4 Å². The average Bonchev–Trinajstić information content (AvgIpc) is 2.93. The van der Waals surface area contributed by atoms with Crippen LogP contribution < -0.4 is 5.32 Å². The second-order valence-corrected chi connectivity index (χ2v) is 5.73. The minimum atomic E-state index is 0.652. The maximum Gasteiger partial charge on any atom is 0.0263 e. The van der Waals surface area contributed by atoms with Crippen molar-refractivity contribution in [1.29, 1.82) is 0 Å². The Morgan fingerprint density at radius 3 is 2.61 bits per heavy atom. The minimum Gasteiger partial charge on any atom is -0.312 e. The van der Waals surface area contributed by atoms with Crippen LogP contribution in [0.5, 0.6) is 0 Å². The molecule has 2 atom stereocenters. The van der Waals surface area contributed by atoms with Crippen LogP contribution in [0.15, 0.2) is 30.3 Å². The molecule has 2 fully saturated rings. The number of piperidine rings is 1. The summed E-state index contributed by atoms with van der Waals surface area (Å²) < 4.78 is 0. The zero-order valence-corrected chi connectivity index (χ0v) is 11.1. The Hall–Kier alpha value is -0.860. The first-order valence-corrected chi connectivity index (χ1v) is 7.44. The number of hydrogen-bond acceptors (Lipinski definition) is 2. The monoisotopic (exact) mass is 244 g/mol. The lowest BCUT2D eigenvalue weighted by atomic mass is 9.84. The van der Waals surface area contributed by atoms with E-state index in [0.717, 1.165) is 0 Å². The average molecular weight is 244 g/mol. The summed E-state index contributed by atoms with van der Waals surface area (Å²) >= 11 is 0. The molecule has 1 aromatic carbocycles. The Morgan fingerprint density at radius 1 is 1.06 bits per heavy atom. The van der Waals surface area contributed by atoms with E-state index in [-0.39, 0.29) is 0 Å². The Labute approximate surface area is 110 Å². The molecule has 2 heterocycles. The highest BCUT2D eigenvalue weighted by atomic mass is 15.2. The Bertz CT molecular complexity index is 357. The van der Waals surface area contributed by atoms with Crippen LogP contribution in [0.2, 0.25) is 0 Å². The predicted octanol–water partition coefficient (Wildman–Crippen LogP) is 2.62. The fraction of sp³-hybridized carbons (Fsp3) is 0.625. The third-order valence-corrected chi connectivity index (χ3v) is 4.47. The molecule has 1 N–H and O–H groups in total. The van der Waals surface area contributed by atoms with Crippen molar-refractivity contribution in [2.75, 3.05) is 26.2 Å². The van der Waals surface area contributed by atoms with Gasteiger partial charge in [-0.3, -0.25) is 0 Å². The van der Waals surface area contributed by atoms with Gasteiger partial charge in [0.15, 0.2) is 0 Å². The van der Waals surface area contributed by atoms with E-state index in [2.05, 4.69) is 40.5 Å². The van der Waals surface area contributed by atoms with Crippen molar-refractivity contribution in [2.45, 2.75) is 37.6 Å². The third kappa shape index (κ3) is 2.76. The van der Waals surface area contributed by atoms with E-state index in [9.17, 15) is 0 Å². The van der Waals surface area contributed by atoms with Gasteiger partial charge in [-0.05, 0) is 50.9 Å². The normalized spacial score (nSPS) is 29.6. The van der Waals surface area contributed by atoms with Gasteiger partial charge in [0.25, 0.3) is 0 Å². The van der Waals surface area contributed by atoms with Gasteiger partial charge in [0.1, 0.15) is 0 Å². The maximum absolute atomic E-state index is 3.75. The molecule has 2 nitrogen and oxygen atoms in total. The first kappa shape index (κ1) is 12.2.